The SMILES string of the molecule is O=C1Cc2ccc(C(=O)NC3(CO)CCC3)cc2N1. The second-order valence-electron chi connectivity index (χ2n) is 5.34. The molecule has 0 saturated heterocycles. The van der Waals surface area contributed by atoms with Crippen molar-refractivity contribution in [2.75, 3.05) is 11.9 Å². The van der Waals surface area contributed by atoms with Gasteiger partial charge in [0.2, 0.25) is 5.91 Å². The number of aliphatic hydroxyl groups excluding tert-OH is 1. The maximum Gasteiger partial charge on any atom is 0.251 e. The molecule has 1 aromatic rings. The molecule has 5 nitrogen and oxygen atoms in total. The number of amides is 2. The third-order valence-corrected chi connectivity index (χ3v) is 3.99. The fourth-order valence-corrected chi connectivity index (χ4v) is 2.59. The highest BCUT2D eigenvalue weighted by Crippen LogP contribution is 2.32. The predicted octanol–water partition coefficient (Wildman–Crippen LogP) is 0.826. The number of anilines is 1. The van der Waals surface area contributed by atoms with E-state index in [0.29, 0.717) is 17.7 Å². The van der Waals surface area contributed by atoms with Crippen molar-refractivity contribution in [3.63, 3.8) is 0 Å². The van der Waals surface area contributed by atoms with E-state index < -0.39 is 5.54 Å². The van der Waals surface area contributed by atoms with Gasteiger partial charge in [-0.05, 0) is 37.0 Å². The number of benzene rings is 1. The largest absolute Gasteiger partial charge is 0.394 e. The number of rotatable bonds is 3. The molecule has 3 N–H and O–H groups in total. The molecule has 0 unspecified atom stereocenters. The molecule has 2 amide bonds. The lowest BCUT2D eigenvalue weighted by atomic mass is 9.77. The van der Waals surface area contributed by atoms with Crippen LogP contribution in [-0.2, 0) is 11.2 Å². The Labute approximate surface area is 111 Å². The first-order chi connectivity index (χ1) is 9.12. The standard InChI is InChI=1S/C14H16N2O3/c17-8-14(4-1-5-14)16-13(19)10-3-2-9-7-12(18)15-11(9)6-10/h2-3,6,17H,1,4-5,7-8H2,(H,15,18)(H,16,19). The van der Waals surface area contributed by atoms with E-state index in [0.717, 1.165) is 24.8 Å². The quantitative estimate of drug-likeness (QED) is 0.753. The summed E-state index contributed by atoms with van der Waals surface area (Å²) in [5.41, 5.74) is 1.70. The number of fused-ring (bicyclic) bond motifs is 1. The third kappa shape index (κ3) is 2.10. The zero-order chi connectivity index (χ0) is 13.5. The molecule has 1 aromatic carbocycles. The number of hydrogen-bond acceptors (Lipinski definition) is 3. The Morgan fingerprint density at radius 3 is 2.84 bits per heavy atom. The zero-order valence-corrected chi connectivity index (χ0v) is 10.5. The van der Waals surface area contributed by atoms with Crippen molar-refractivity contribution in [1.82, 2.24) is 5.32 Å². The predicted molar refractivity (Wildman–Crippen MR) is 69.9 cm³/mol. The van der Waals surface area contributed by atoms with Gasteiger partial charge in [0.25, 0.3) is 5.91 Å². The highest BCUT2D eigenvalue weighted by atomic mass is 16.3. The Morgan fingerprint density at radius 2 is 2.21 bits per heavy atom. The van der Waals surface area contributed by atoms with Crippen LogP contribution in [0.1, 0.15) is 35.2 Å². The van der Waals surface area contributed by atoms with E-state index in [-0.39, 0.29) is 18.4 Å². The highest BCUT2D eigenvalue weighted by Gasteiger charge is 2.38. The Morgan fingerprint density at radius 1 is 1.42 bits per heavy atom. The fraction of sp³-hybridized carbons (Fsp3) is 0.429. The summed E-state index contributed by atoms with van der Waals surface area (Å²) in [7, 11) is 0. The van der Waals surface area contributed by atoms with Crippen LogP contribution in [-0.4, -0.2) is 29.1 Å². The minimum atomic E-state index is -0.445. The van der Waals surface area contributed by atoms with Crippen LogP contribution in [0.25, 0.3) is 0 Å². The zero-order valence-electron chi connectivity index (χ0n) is 10.5. The summed E-state index contributed by atoms with van der Waals surface area (Å²) in [6.07, 6.45) is 3.03. The third-order valence-electron chi connectivity index (χ3n) is 3.99. The van der Waals surface area contributed by atoms with E-state index in [9.17, 15) is 14.7 Å². The molecule has 1 fully saturated rings. The molecule has 3 rings (SSSR count). The molecule has 5 heteroatoms. The second-order valence-corrected chi connectivity index (χ2v) is 5.34. The lowest BCUT2D eigenvalue weighted by Gasteiger charge is -2.40. The Balaban J connectivity index is 1.77. The lowest BCUT2D eigenvalue weighted by Crippen LogP contribution is -2.56. The Hall–Kier alpha value is -1.88. The van der Waals surface area contributed by atoms with Gasteiger partial charge in [-0.15, -0.1) is 0 Å². The first-order valence-corrected chi connectivity index (χ1v) is 6.48. The van der Waals surface area contributed by atoms with Crippen LogP contribution in [0.15, 0.2) is 18.2 Å². The van der Waals surface area contributed by atoms with Crippen molar-refractivity contribution in [3.05, 3.63) is 29.3 Å². The molecular formula is C14H16N2O3. The van der Waals surface area contributed by atoms with Gasteiger partial charge in [-0.25, -0.2) is 0 Å². The normalized spacial score (nSPS) is 19.3. The summed E-state index contributed by atoms with van der Waals surface area (Å²) in [6, 6.07) is 5.21. The first-order valence-electron chi connectivity index (χ1n) is 6.48. The molecule has 0 aromatic heterocycles. The number of hydrogen-bond donors (Lipinski definition) is 3. The first kappa shape index (κ1) is 12.2. The van der Waals surface area contributed by atoms with Gasteiger partial charge in [-0.3, -0.25) is 9.59 Å². The van der Waals surface area contributed by atoms with Gasteiger partial charge in [0.05, 0.1) is 18.6 Å². The van der Waals surface area contributed by atoms with Gasteiger partial charge in [-0.1, -0.05) is 6.07 Å². The molecule has 0 atom stereocenters. The monoisotopic (exact) mass is 260 g/mol. The van der Waals surface area contributed by atoms with Crippen molar-refractivity contribution in [1.29, 1.82) is 0 Å². The van der Waals surface area contributed by atoms with Crippen LogP contribution in [0.2, 0.25) is 0 Å². The van der Waals surface area contributed by atoms with Gasteiger partial charge in [0.15, 0.2) is 0 Å². The topological polar surface area (TPSA) is 78.4 Å². The van der Waals surface area contributed by atoms with E-state index in [4.69, 9.17) is 0 Å². The van der Waals surface area contributed by atoms with Crippen molar-refractivity contribution < 1.29 is 14.7 Å². The summed E-state index contributed by atoms with van der Waals surface area (Å²) < 4.78 is 0. The molecule has 1 saturated carbocycles. The second kappa shape index (κ2) is 4.35. The summed E-state index contributed by atoms with van der Waals surface area (Å²) in [5.74, 6) is -0.240. The number of carbonyl (C=O) groups is 2. The molecule has 1 aliphatic heterocycles. The maximum absolute atomic E-state index is 12.2. The molecule has 100 valence electrons. The van der Waals surface area contributed by atoms with Crippen LogP contribution in [0, 0.1) is 0 Å². The van der Waals surface area contributed by atoms with E-state index in [1.54, 1.807) is 18.2 Å². The van der Waals surface area contributed by atoms with E-state index in [2.05, 4.69) is 10.6 Å². The van der Waals surface area contributed by atoms with Gasteiger partial charge >= 0.3 is 0 Å². The van der Waals surface area contributed by atoms with Crippen LogP contribution < -0.4 is 10.6 Å². The minimum absolute atomic E-state index is 0.0274. The lowest BCUT2D eigenvalue weighted by molar-refractivity contribution is -0.115. The summed E-state index contributed by atoms with van der Waals surface area (Å²) in [6.45, 7) is -0.0274. The van der Waals surface area contributed by atoms with Crippen LogP contribution in [0.4, 0.5) is 5.69 Å². The number of carbonyl (C=O) groups excluding carboxylic acids is 2. The van der Waals surface area contributed by atoms with E-state index in [1.165, 1.54) is 0 Å². The van der Waals surface area contributed by atoms with Crippen molar-refractivity contribution in [3.8, 4) is 0 Å². The van der Waals surface area contributed by atoms with Crippen LogP contribution in [0.5, 0.6) is 0 Å². The molecule has 19 heavy (non-hydrogen) atoms. The van der Waals surface area contributed by atoms with Crippen LogP contribution in [0.3, 0.4) is 0 Å². The van der Waals surface area contributed by atoms with E-state index >= 15 is 0 Å². The Bertz CT molecular complexity index is 544. The number of nitrogens with one attached hydrogen (secondary N) is 2. The number of aliphatic hydroxyl groups is 1. The van der Waals surface area contributed by atoms with Gasteiger partial charge in [0.1, 0.15) is 0 Å². The van der Waals surface area contributed by atoms with Gasteiger partial charge in [0, 0.05) is 11.3 Å². The summed E-state index contributed by atoms with van der Waals surface area (Å²) >= 11 is 0. The molecule has 2 aliphatic rings. The van der Waals surface area contributed by atoms with Crippen molar-refractivity contribution in [2.45, 2.75) is 31.2 Å². The van der Waals surface area contributed by atoms with Crippen molar-refractivity contribution >= 4 is 17.5 Å². The molecule has 0 bridgehead atoms. The average molecular weight is 260 g/mol. The highest BCUT2D eigenvalue weighted by molar-refractivity contribution is 6.02. The molecule has 1 heterocycles. The molecule has 0 radical (unpaired) electrons. The average Bonchev–Trinajstić information content (AvgIpc) is 2.72. The fourth-order valence-electron chi connectivity index (χ4n) is 2.59. The maximum atomic E-state index is 12.2. The molecule has 0 spiro atoms. The molecule has 1 aliphatic carbocycles. The summed E-state index contributed by atoms with van der Waals surface area (Å²) in [4.78, 5) is 23.4. The smallest absolute Gasteiger partial charge is 0.251 e. The van der Waals surface area contributed by atoms with Gasteiger partial charge < -0.3 is 15.7 Å². The van der Waals surface area contributed by atoms with E-state index in [1.807, 2.05) is 0 Å². The molecular weight excluding hydrogens is 244 g/mol. The Kier molecular flexibility index (Phi) is 2.78. The van der Waals surface area contributed by atoms with Crippen LogP contribution >= 0.6 is 0 Å². The minimum Gasteiger partial charge on any atom is -0.394 e. The van der Waals surface area contributed by atoms with Crippen molar-refractivity contribution in [2.24, 2.45) is 0 Å². The van der Waals surface area contributed by atoms with Gasteiger partial charge in [-0.2, -0.15) is 0 Å². The summed E-state index contributed by atoms with van der Waals surface area (Å²) in [5, 5.41) is 15.0.